The number of nitrogens with zero attached hydrogens (tertiary/aromatic N) is 2. The highest BCUT2D eigenvalue weighted by atomic mass is 35.5. The first-order valence-electron chi connectivity index (χ1n) is 11.7. The lowest BCUT2D eigenvalue weighted by Crippen LogP contribution is -2.49. The van der Waals surface area contributed by atoms with Gasteiger partial charge >= 0.3 is 0 Å². The van der Waals surface area contributed by atoms with Gasteiger partial charge in [0, 0.05) is 22.5 Å². The van der Waals surface area contributed by atoms with Crippen LogP contribution < -0.4 is 4.74 Å². The Morgan fingerprint density at radius 3 is 2.56 bits per heavy atom. The number of sulfonamides is 1. The Kier molecular flexibility index (Phi) is 8.34. The summed E-state index contributed by atoms with van der Waals surface area (Å²) < 4.78 is 47.5. The van der Waals surface area contributed by atoms with E-state index in [4.69, 9.17) is 16.3 Å². The molecule has 6 nitrogen and oxygen atoms in total. The van der Waals surface area contributed by atoms with E-state index in [0.717, 1.165) is 5.56 Å². The number of rotatable bonds is 9. The molecule has 0 radical (unpaired) electrons. The quantitative estimate of drug-likeness (QED) is 0.351. The van der Waals surface area contributed by atoms with Crippen LogP contribution in [0.5, 0.6) is 5.75 Å². The van der Waals surface area contributed by atoms with Crippen molar-refractivity contribution in [2.24, 2.45) is 0 Å². The first kappa shape index (κ1) is 26.6. The molecule has 0 aliphatic carbocycles. The second-order valence-corrected chi connectivity index (χ2v) is 12.0. The molecule has 4 rings (SSSR count). The molecule has 0 spiro atoms. The molecule has 3 aromatic rings. The van der Waals surface area contributed by atoms with Gasteiger partial charge in [-0.05, 0) is 85.3 Å². The molecule has 36 heavy (non-hydrogen) atoms. The van der Waals surface area contributed by atoms with Crippen molar-refractivity contribution < 1.29 is 22.3 Å². The maximum absolute atomic E-state index is 13.7. The van der Waals surface area contributed by atoms with Gasteiger partial charge in [-0.15, -0.1) is 11.3 Å². The van der Waals surface area contributed by atoms with E-state index >= 15 is 0 Å². The minimum atomic E-state index is -3.93. The molecular weight excluding hydrogens is 523 g/mol. The summed E-state index contributed by atoms with van der Waals surface area (Å²) in [7, 11) is -3.93. The molecule has 1 aliphatic rings. The van der Waals surface area contributed by atoms with Crippen molar-refractivity contribution in [2.45, 2.75) is 43.7 Å². The standard InChI is InChI=1S/C26H28ClFN2O4S2/c1-3-18(2)30(36(32,33)22-10-4-19(27)5-11-22)16-26(31)29-14-12-25-23(13-15-35-25)24(29)17-34-21-8-6-20(28)7-9-21/h4-11,13,15,18,24H,3,12,14,16-17H2,1-2H3/t18-,24-/m1/s1. The van der Waals surface area contributed by atoms with Gasteiger partial charge in [0.1, 0.15) is 18.2 Å². The van der Waals surface area contributed by atoms with Gasteiger partial charge in [-0.25, -0.2) is 12.8 Å². The van der Waals surface area contributed by atoms with Crippen LogP contribution in [0.15, 0.2) is 64.9 Å². The van der Waals surface area contributed by atoms with E-state index in [1.807, 2.05) is 18.4 Å². The Morgan fingerprint density at radius 2 is 1.89 bits per heavy atom. The summed E-state index contributed by atoms with van der Waals surface area (Å²) in [5.74, 6) is -0.154. The minimum absolute atomic E-state index is 0.0926. The monoisotopic (exact) mass is 550 g/mol. The van der Waals surface area contributed by atoms with Crippen LogP contribution in [0.2, 0.25) is 5.02 Å². The normalized spacial score (nSPS) is 16.6. The molecule has 1 amide bonds. The number of amides is 1. The van der Waals surface area contributed by atoms with Gasteiger partial charge in [0.15, 0.2) is 0 Å². The lowest BCUT2D eigenvalue weighted by Gasteiger charge is -2.37. The van der Waals surface area contributed by atoms with E-state index in [-0.39, 0.29) is 41.9 Å². The van der Waals surface area contributed by atoms with Crippen molar-refractivity contribution in [1.82, 2.24) is 9.21 Å². The van der Waals surface area contributed by atoms with Crippen molar-refractivity contribution in [2.75, 3.05) is 19.7 Å². The number of ether oxygens (including phenoxy) is 1. The summed E-state index contributed by atoms with van der Waals surface area (Å²) in [6.45, 7) is 4.03. The van der Waals surface area contributed by atoms with Crippen LogP contribution in [-0.2, 0) is 21.2 Å². The molecule has 0 saturated heterocycles. The Balaban J connectivity index is 1.58. The molecule has 1 aliphatic heterocycles. The molecule has 2 aromatic carbocycles. The largest absolute Gasteiger partial charge is 0.491 e. The number of hydrogen-bond acceptors (Lipinski definition) is 5. The molecule has 192 valence electrons. The molecular formula is C26H28ClFN2O4S2. The Morgan fingerprint density at radius 1 is 1.19 bits per heavy atom. The molecule has 10 heteroatoms. The maximum atomic E-state index is 13.7. The lowest BCUT2D eigenvalue weighted by molar-refractivity contribution is -0.135. The third-order valence-corrected chi connectivity index (χ3v) is 9.65. The van der Waals surface area contributed by atoms with E-state index < -0.39 is 10.0 Å². The van der Waals surface area contributed by atoms with Crippen molar-refractivity contribution in [3.05, 3.63) is 81.3 Å². The van der Waals surface area contributed by atoms with Gasteiger partial charge in [-0.2, -0.15) is 4.31 Å². The van der Waals surface area contributed by atoms with Crippen LogP contribution in [0.1, 0.15) is 36.8 Å². The highest BCUT2D eigenvalue weighted by molar-refractivity contribution is 7.89. The molecule has 2 atom stereocenters. The number of fused-ring (bicyclic) bond motifs is 1. The third-order valence-electron chi connectivity index (χ3n) is 6.43. The Labute approximate surface area is 220 Å². The molecule has 2 heterocycles. The number of carbonyl (C=O) groups is 1. The van der Waals surface area contributed by atoms with Gasteiger partial charge in [0.25, 0.3) is 0 Å². The molecule has 0 saturated carbocycles. The number of thiophene rings is 1. The number of hydrogen-bond donors (Lipinski definition) is 0. The summed E-state index contributed by atoms with van der Waals surface area (Å²) in [6, 6.07) is 12.9. The topological polar surface area (TPSA) is 66.9 Å². The van der Waals surface area contributed by atoms with Gasteiger partial charge in [-0.3, -0.25) is 4.79 Å². The van der Waals surface area contributed by atoms with Crippen LogP contribution in [-0.4, -0.2) is 49.3 Å². The van der Waals surface area contributed by atoms with Gasteiger partial charge in [-0.1, -0.05) is 18.5 Å². The maximum Gasteiger partial charge on any atom is 0.243 e. The second kappa shape index (κ2) is 11.3. The second-order valence-electron chi connectivity index (χ2n) is 8.68. The summed E-state index contributed by atoms with van der Waals surface area (Å²) in [5, 5.41) is 2.42. The SMILES string of the molecule is CC[C@@H](C)N(CC(=O)N1CCc2sccc2[C@H]1COc1ccc(F)cc1)S(=O)(=O)c1ccc(Cl)cc1. The van der Waals surface area contributed by atoms with Gasteiger partial charge < -0.3 is 9.64 Å². The molecule has 0 bridgehead atoms. The summed E-state index contributed by atoms with van der Waals surface area (Å²) in [5.41, 5.74) is 0.998. The third kappa shape index (κ3) is 5.75. The molecule has 0 unspecified atom stereocenters. The van der Waals surface area contributed by atoms with Crippen molar-refractivity contribution >= 4 is 38.9 Å². The van der Waals surface area contributed by atoms with Crippen LogP contribution in [0.4, 0.5) is 4.39 Å². The fraction of sp³-hybridized carbons (Fsp3) is 0.346. The Hall–Kier alpha value is -2.46. The van der Waals surface area contributed by atoms with Crippen LogP contribution in [0.3, 0.4) is 0 Å². The fourth-order valence-electron chi connectivity index (χ4n) is 4.23. The first-order valence-corrected chi connectivity index (χ1v) is 14.4. The average molecular weight is 551 g/mol. The first-order chi connectivity index (χ1) is 17.2. The van der Waals surface area contributed by atoms with Gasteiger partial charge in [0.2, 0.25) is 15.9 Å². The predicted octanol–water partition coefficient (Wildman–Crippen LogP) is 5.53. The molecule has 0 N–H and O–H groups in total. The smallest absolute Gasteiger partial charge is 0.243 e. The lowest BCUT2D eigenvalue weighted by atomic mass is 10.0. The highest BCUT2D eigenvalue weighted by Crippen LogP contribution is 2.34. The van der Waals surface area contributed by atoms with Crippen molar-refractivity contribution in [3.63, 3.8) is 0 Å². The van der Waals surface area contributed by atoms with Crippen LogP contribution >= 0.6 is 22.9 Å². The van der Waals surface area contributed by atoms with E-state index in [1.54, 1.807) is 35.3 Å². The van der Waals surface area contributed by atoms with Gasteiger partial charge in [0.05, 0.1) is 17.5 Å². The minimum Gasteiger partial charge on any atom is -0.491 e. The van der Waals surface area contributed by atoms with Crippen LogP contribution in [0.25, 0.3) is 0 Å². The zero-order valence-electron chi connectivity index (χ0n) is 20.1. The van der Waals surface area contributed by atoms with E-state index in [9.17, 15) is 17.6 Å². The van der Waals surface area contributed by atoms with Crippen LogP contribution in [0, 0.1) is 5.82 Å². The zero-order valence-corrected chi connectivity index (χ0v) is 22.5. The number of benzene rings is 2. The summed E-state index contributed by atoms with van der Waals surface area (Å²) in [4.78, 5) is 16.6. The zero-order chi connectivity index (χ0) is 25.9. The molecule has 1 aromatic heterocycles. The number of carbonyl (C=O) groups excluding carboxylic acids is 1. The average Bonchev–Trinajstić information content (AvgIpc) is 3.35. The fourth-order valence-corrected chi connectivity index (χ4v) is 6.94. The van der Waals surface area contributed by atoms with E-state index in [0.29, 0.717) is 30.2 Å². The van der Waals surface area contributed by atoms with E-state index in [2.05, 4.69) is 0 Å². The van der Waals surface area contributed by atoms with Crippen molar-refractivity contribution in [3.8, 4) is 5.75 Å². The predicted molar refractivity (Wildman–Crippen MR) is 139 cm³/mol. The van der Waals surface area contributed by atoms with E-state index in [1.165, 1.54) is 45.6 Å². The molecule has 0 fully saturated rings. The van der Waals surface area contributed by atoms with Crippen molar-refractivity contribution in [1.29, 1.82) is 0 Å². The summed E-state index contributed by atoms with van der Waals surface area (Å²) in [6.07, 6.45) is 1.24. The summed E-state index contributed by atoms with van der Waals surface area (Å²) >= 11 is 7.58. The number of halogens is 2. The highest BCUT2D eigenvalue weighted by Gasteiger charge is 2.36. The Bertz CT molecular complexity index is 1300.